The van der Waals surface area contributed by atoms with Crippen molar-refractivity contribution in [3.05, 3.63) is 29.5 Å². The number of benzene rings is 1. The molecule has 0 aliphatic rings. The Hall–Kier alpha value is -2.01. The van der Waals surface area contributed by atoms with Gasteiger partial charge in [-0.3, -0.25) is 0 Å². The fourth-order valence-electron chi connectivity index (χ4n) is 2.13. The minimum absolute atomic E-state index is 0.210. The highest BCUT2D eigenvalue weighted by Crippen LogP contribution is 2.26. The number of phenolic OH excluding ortho intramolecular Hbond substituents is 1. The third-order valence-corrected chi connectivity index (χ3v) is 3.09. The molecule has 18 heavy (non-hydrogen) atoms. The number of rotatable bonds is 3. The van der Waals surface area contributed by atoms with Gasteiger partial charge in [-0.2, -0.15) is 0 Å². The second kappa shape index (κ2) is 4.70. The predicted molar refractivity (Wildman–Crippen MR) is 67.1 cm³/mol. The molecule has 1 atom stereocenters. The highest BCUT2D eigenvalue weighted by Gasteiger charge is 2.21. The van der Waals surface area contributed by atoms with Crippen LogP contribution in [0, 0.1) is 6.92 Å². The first-order valence-electron chi connectivity index (χ1n) is 5.74. The van der Waals surface area contributed by atoms with Crippen LogP contribution < -0.4 is 5.73 Å². The summed E-state index contributed by atoms with van der Waals surface area (Å²) in [5.41, 5.74) is 6.72. The number of aromatic nitrogens is 1. The van der Waals surface area contributed by atoms with Gasteiger partial charge in [0.25, 0.3) is 0 Å². The number of hydrogen-bond acceptors (Lipinski definition) is 3. The molecule has 5 nitrogen and oxygen atoms in total. The van der Waals surface area contributed by atoms with E-state index in [2.05, 4.69) is 15.5 Å². The standard InChI is InChI=1S/C13H16N2O3/c1-7-9(6-11(14)13(17)18-2)10-5-8(16)3-4-12(10)15-7/h3-5,11,15-16H,6,14H2,1-2H3/p+1/t11-/m0/s1. The van der Waals surface area contributed by atoms with Gasteiger partial charge in [-0.05, 0) is 30.7 Å². The largest absolute Gasteiger partial charge is 0.508 e. The lowest BCUT2D eigenvalue weighted by molar-refractivity contribution is -0.407. The zero-order chi connectivity index (χ0) is 13.3. The predicted octanol–water partition coefficient (Wildman–Crippen LogP) is 0.508. The summed E-state index contributed by atoms with van der Waals surface area (Å²) < 4.78 is 4.68. The number of carbonyl (C=O) groups excluding carboxylic acids is 1. The molecule has 96 valence electrons. The van der Waals surface area contributed by atoms with E-state index in [0.29, 0.717) is 6.42 Å². The van der Waals surface area contributed by atoms with Crippen LogP contribution in [0.25, 0.3) is 10.9 Å². The number of aromatic amines is 1. The Morgan fingerprint density at radius 1 is 1.56 bits per heavy atom. The van der Waals surface area contributed by atoms with Crippen LogP contribution in [0.4, 0.5) is 0 Å². The van der Waals surface area contributed by atoms with Crippen molar-refractivity contribution < 1.29 is 20.4 Å². The summed E-state index contributed by atoms with van der Waals surface area (Å²) in [5.74, 6) is -0.120. The number of esters is 1. The van der Waals surface area contributed by atoms with E-state index in [1.807, 2.05) is 13.0 Å². The van der Waals surface area contributed by atoms with Gasteiger partial charge in [0.2, 0.25) is 0 Å². The number of H-pyrrole nitrogens is 1. The highest BCUT2D eigenvalue weighted by atomic mass is 16.5. The molecular weight excluding hydrogens is 232 g/mol. The van der Waals surface area contributed by atoms with Gasteiger partial charge >= 0.3 is 5.97 Å². The number of quaternary nitrogens is 1. The van der Waals surface area contributed by atoms with Crippen molar-refractivity contribution in [2.45, 2.75) is 19.4 Å². The van der Waals surface area contributed by atoms with E-state index in [1.165, 1.54) is 7.11 Å². The van der Waals surface area contributed by atoms with E-state index in [0.717, 1.165) is 22.2 Å². The molecule has 0 bridgehead atoms. The van der Waals surface area contributed by atoms with Crippen molar-refractivity contribution in [3.63, 3.8) is 0 Å². The number of hydrogen-bond donors (Lipinski definition) is 3. The maximum atomic E-state index is 11.4. The Morgan fingerprint density at radius 2 is 2.28 bits per heavy atom. The molecule has 5 heteroatoms. The molecule has 2 aromatic rings. The van der Waals surface area contributed by atoms with Crippen molar-refractivity contribution >= 4 is 16.9 Å². The molecule has 0 saturated carbocycles. The van der Waals surface area contributed by atoms with Crippen LogP contribution in [0.1, 0.15) is 11.3 Å². The molecule has 1 aromatic carbocycles. The van der Waals surface area contributed by atoms with Crippen LogP contribution in [-0.2, 0) is 16.0 Å². The lowest BCUT2D eigenvalue weighted by atomic mass is 10.0. The SMILES string of the molecule is COC(=O)[C@@H]([NH3+])Cc1c(C)[nH]c2ccc(O)cc12. The summed E-state index contributed by atoms with van der Waals surface area (Å²) in [7, 11) is 1.36. The first kappa shape index (κ1) is 12.4. The Balaban J connectivity index is 2.40. The second-order valence-electron chi connectivity index (χ2n) is 4.38. The average Bonchev–Trinajstić information content (AvgIpc) is 2.65. The van der Waals surface area contributed by atoms with E-state index < -0.39 is 6.04 Å². The van der Waals surface area contributed by atoms with Crippen LogP contribution in [0.15, 0.2) is 18.2 Å². The molecule has 0 saturated heterocycles. The fraction of sp³-hybridized carbons (Fsp3) is 0.308. The van der Waals surface area contributed by atoms with Crippen molar-refractivity contribution in [3.8, 4) is 5.75 Å². The van der Waals surface area contributed by atoms with E-state index in [1.54, 1.807) is 12.1 Å². The molecule has 1 aromatic heterocycles. The molecule has 0 unspecified atom stereocenters. The van der Waals surface area contributed by atoms with Gasteiger partial charge in [0.1, 0.15) is 5.75 Å². The molecule has 5 N–H and O–H groups in total. The molecule has 0 aliphatic carbocycles. The number of fused-ring (bicyclic) bond motifs is 1. The van der Waals surface area contributed by atoms with Crippen LogP contribution in [-0.4, -0.2) is 29.2 Å². The normalized spacial score (nSPS) is 12.6. The summed E-state index contributed by atoms with van der Waals surface area (Å²) in [5, 5.41) is 10.5. The number of aryl methyl sites for hydroxylation is 1. The quantitative estimate of drug-likeness (QED) is 0.692. The third-order valence-electron chi connectivity index (χ3n) is 3.09. The monoisotopic (exact) mass is 249 g/mol. The Bertz CT molecular complexity index is 589. The minimum Gasteiger partial charge on any atom is -0.508 e. The lowest BCUT2D eigenvalue weighted by Gasteiger charge is -2.06. The number of carbonyl (C=O) groups is 1. The van der Waals surface area contributed by atoms with Crippen LogP contribution in [0.2, 0.25) is 0 Å². The number of phenols is 1. The van der Waals surface area contributed by atoms with Crippen molar-refractivity contribution in [1.82, 2.24) is 4.98 Å². The highest BCUT2D eigenvalue weighted by molar-refractivity contribution is 5.86. The van der Waals surface area contributed by atoms with Gasteiger partial charge in [-0.15, -0.1) is 0 Å². The van der Waals surface area contributed by atoms with Gasteiger partial charge in [-0.1, -0.05) is 0 Å². The van der Waals surface area contributed by atoms with E-state index in [9.17, 15) is 9.90 Å². The summed E-state index contributed by atoms with van der Waals surface area (Å²) in [6.07, 6.45) is 0.488. The van der Waals surface area contributed by atoms with Crippen molar-refractivity contribution in [2.75, 3.05) is 7.11 Å². The molecule has 1 heterocycles. The smallest absolute Gasteiger partial charge is 0.364 e. The number of methoxy groups -OCH3 is 1. The van der Waals surface area contributed by atoms with Gasteiger partial charge in [0, 0.05) is 23.0 Å². The van der Waals surface area contributed by atoms with E-state index >= 15 is 0 Å². The first-order chi connectivity index (χ1) is 8.52. The molecule has 0 fully saturated rings. The summed E-state index contributed by atoms with van der Waals surface area (Å²) >= 11 is 0. The third kappa shape index (κ3) is 2.17. The maximum absolute atomic E-state index is 11.4. The number of nitrogens with one attached hydrogen (secondary N) is 1. The van der Waals surface area contributed by atoms with E-state index in [4.69, 9.17) is 0 Å². The molecule has 2 rings (SSSR count). The summed E-state index contributed by atoms with van der Waals surface area (Å²) in [6, 6.07) is 4.69. The van der Waals surface area contributed by atoms with Gasteiger partial charge in [0.15, 0.2) is 6.04 Å². The fourth-order valence-corrected chi connectivity index (χ4v) is 2.13. The average molecular weight is 249 g/mol. The lowest BCUT2D eigenvalue weighted by Crippen LogP contribution is -2.66. The zero-order valence-corrected chi connectivity index (χ0v) is 10.5. The zero-order valence-electron chi connectivity index (χ0n) is 10.5. The summed E-state index contributed by atoms with van der Waals surface area (Å²) in [4.78, 5) is 14.6. The van der Waals surface area contributed by atoms with Gasteiger partial charge < -0.3 is 20.6 Å². The van der Waals surface area contributed by atoms with Crippen molar-refractivity contribution in [1.29, 1.82) is 0 Å². The van der Waals surface area contributed by atoms with Crippen LogP contribution in [0.3, 0.4) is 0 Å². The molecule has 0 spiro atoms. The number of ether oxygens (including phenoxy) is 1. The molecular formula is C13H17N2O3+. The maximum Gasteiger partial charge on any atom is 0.364 e. The van der Waals surface area contributed by atoms with Crippen LogP contribution >= 0.6 is 0 Å². The Morgan fingerprint density at radius 3 is 2.94 bits per heavy atom. The molecule has 0 amide bonds. The van der Waals surface area contributed by atoms with Crippen LogP contribution in [0.5, 0.6) is 5.75 Å². The Labute approximate surface area is 105 Å². The van der Waals surface area contributed by atoms with E-state index in [-0.39, 0.29) is 11.7 Å². The minimum atomic E-state index is -0.449. The topological polar surface area (TPSA) is 90.0 Å². The van der Waals surface area contributed by atoms with Gasteiger partial charge in [0.05, 0.1) is 7.11 Å². The van der Waals surface area contributed by atoms with Gasteiger partial charge in [-0.25, -0.2) is 4.79 Å². The summed E-state index contributed by atoms with van der Waals surface area (Å²) in [6.45, 7) is 1.94. The Kier molecular flexibility index (Phi) is 3.25. The molecule has 0 radical (unpaired) electrons. The number of aromatic hydroxyl groups is 1. The van der Waals surface area contributed by atoms with Crippen molar-refractivity contribution in [2.24, 2.45) is 0 Å². The molecule has 0 aliphatic heterocycles. The second-order valence-corrected chi connectivity index (χ2v) is 4.38. The first-order valence-corrected chi connectivity index (χ1v) is 5.74.